The average Bonchev–Trinajstić information content (AvgIpc) is 2.68. The highest BCUT2D eigenvalue weighted by atomic mass is 35.5. The summed E-state index contributed by atoms with van der Waals surface area (Å²) in [5.74, 6) is 0.578. The van der Waals surface area contributed by atoms with Crippen LogP contribution in [0.3, 0.4) is 0 Å². The Morgan fingerprint density at radius 2 is 1.79 bits per heavy atom. The van der Waals surface area contributed by atoms with Gasteiger partial charge in [-0.3, -0.25) is 4.79 Å². The maximum absolute atomic E-state index is 12.4. The lowest BCUT2D eigenvalue weighted by molar-refractivity contribution is -0.119. The zero-order valence-corrected chi connectivity index (χ0v) is 19.5. The van der Waals surface area contributed by atoms with Gasteiger partial charge in [0.1, 0.15) is 5.82 Å². The number of nitrogens with one attached hydrogen (secondary N) is 1. The molecule has 2 aliphatic rings. The third-order valence-electron chi connectivity index (χ3n) is 5.64. The molecule has 168 valence electrons. The molecule has 0 bridgehead atoms. The first-order valence-corrected chi connectivity index (χ1v) is 9.56. The van der Waals surface area contributed by atoms with Crippen molar-refractivity contribution in [3.05, 3.63) is 18.3 Å². The molecule has 29 heavy (non-hydrogen) atoms. The second-order valence-corrected chi connectivity index (χ2v) is 7.55. The lowest BCUT2D eigenvalue weighted by Crippen LogP contribution is -2.44. The number of hydrogen-bond acceptors (Lipinski definition) is 6. The SMILES string of the molecule is CN(C)C1CCN(c2ccc(NC(=O)C(N)C3CCOCC3)nc2)CC1.Cl.Cl.Cl. The van der Waals surface area contributed by atoms with Crippen molar-refractivity contribution in [3.8, 4) is 0 Å². The number of ether oxygens (including phenoxy) is 1. The number of piperidine rings is 1. The largest absolute Gasteiger partial charge is 0.381 e. The van der Waals surface area contributed by atoms with E-state index < -0.39 is 6.04 Å². The summed E-state index contributed by atoms with van der Waals surface area (Å²) in [4.78, 5) is 21.4. The summed E-state index contributed by atoms with van der Waals surface area (Å²) >= 11 is 0. The smallest absolute Gasteiger partial charge is 0.242 e. The van der Waals surface area contributed by atoms with Crippen molar-refractivity contribution in [2.75, 3.05) is 50.6 Å². The van der Waals surface area contributed by atoms with Crippen LogP contribution < -0.4 is 16.0 Å². The molecule has 1 aromatic rings. The standard InChI is InChI=1S/C19H31N5O2.3ClH/c1-23(2)15-5-9-24(10-6-15)16-3-4-17(21-13-16)22-19(25)18(20)14-7-11-26-12-8-14;;;/h3-4,13-15,18H,5-12,20H2,1-2H3,(H,21,22,25);3*1H. The Morgan fingerprint density at radius 3 is 2.31 bits per heavy atom. The number of carbonyl (C=O) groups excluding carboxylic acids is 1. The highest BCUT2D eigenvalue weighted by Gasteiger charge is 2.27. The van der Waals surface area contributed by atoms with Crippen LogP contribution in [0.2, 0.25) is 0 Å². The van der Waals surface area contributed by atoms with E-state index in [1.165, 1.54) is 0 Å². The number of carbonyl (C=O) groups is 1. The van der Waals surface area contributed by atoms with Crippen LogP contribution in [-0.2, 0) is 9.53 Å². The Bertz CT molecular complexity index is 592. The van der Waals surface area contributed by atoms with E-state index in [2.05, 4.69) is 34.2 Å². The Labute approximate surface area is 192 Å². The fraction of sp³-hybridized carbons (Fsp3) is 0.684. The van der Waals surface area contributed by atoms with E-state index in [1.54, 1.807) is 0 Å². The van der Waals surface area contributed by atoms with Gasteiger partial charge in [-0.25, -0.2) is 4.98 Å². The number of hydrogen-bond donors (Lipinski definition) is 2. The molecule has 1 atom stereocenters. The zero-order valence-electron chi connectivity index (χ0n) is 17.1. The Hall–Kier alpha value is -0.830. The summed E-state index contributed by atoms with van der Waals surface area (Å²) < 4.78 is 5.33. The maximum atomic E-state index is 12.4. The van der Waals surface area contributed by atoms with Crippen molar-refractivity contribution in [3.63, 3.8) is 0 Å². The van der Waals surface area contributed by atoms with Gasteiger partial charge in [0.05, 0.1) is 17.9 Å². The minimum Gasteiger partial charge on any atom is -0.381 e. The molecule has 0 aromatic carbocycles. The third kappa shape index (κ3) is 7.74. The van der Waals surface area contributed by atoms with Crippen LogP contribution in [0.1, 0.15) is 25.7 Å². The molecule has 7 nitrogen and oxygen atoms in total. The summed E-state index contributed by atoms with van der Waals surface area (Å²) in [6.07, 6.45) is 5.83. The van der Waals surface area contributed by atoms with Crippen molar-refractivity contribution in [2.45, 2.75) is 37.8 Å². The van der Waals surface area contributed by atoms with Crippen molar-refractivity contribution < 1.29 is 9.53 Å². The molecule has 2 aliphatic heterocycles. The summed E-state index contributed by atoms with van der Waals surface area (Å²) in [7, 11) is 4.29. The first kappa shape index (κ1) is 28.2. The summed E-state index contributed by atoms with van der Waals surface area (Å²) in [5.41, 5.74) is 7.22. The van der Waals surface area contributed by atoms with E-state index in [0.29, 0.717) is 25.1 Å². The molecular formula is C19H34Cl3N5O2. The van der Waals surface area contributed by atoms with Gasteiger partial charge in [-0.1, -0.05) is 0 Å². The van der Waals surface area contributed by atoms with Crippen LogP contribution in [0.25, 0.3) is 0 Å². The minimum absolute atomic E-state index is 0. The Morgan fingerprint density at radius 1 is 1.17 bits per heavy atom. The second-order valence-electron chi connectivity index (χ2n) is 7.55. The highest BCUT2D eigenvalue weighted by Crippen LogP contribution is 2.22. The topological polar surface area (TPSA) is 83.7 Å². The summed E-state index contributed by atoms with van der Waals surface area (Å²) in [6.45, 7) is 3.43. The van der Waals surface area contributed by atoms with Crippen LogP contribution in [-0.4, -0.2) is 68.3 Å². The first-order valence-electron chi connectivity index (χ1n) is 9.56. The van der Waals surface area contributed by atoms with Gasteiger partial charge in [-0.15, -0.1) is 37.2 Å². The van der Waals surface area contributed by atoms with E-state index in [9.17, 15) is 4.79 Å². The third-order valence-corrected chi connectivity index (χ3v) is 5.64. The van der Waals surface area contributed by atoms with Gasteiger partial charge >= 0.3 is 0 Å². The number of anilines is 2. The number of rotatable bonds is 5. The number of nitrogens with zero attached hydrogens (tertiary/aromatic N) is 3. The van der Waals surface area contributed by atoms with Crippen LogP contribution in [0.15, 0.2) is 18.3 Å². The maximum Gasteiger partial charge on any atom is 0.242 e. The number of pyridine rings is 1. The first-order chi connectivity index (χ1) is 12.5. The Balaban J connectivity index is 0.00000261. The number of amides is 1. The molecule has 0 spiro atoms. The van der Waals surface area contributed by atoms with Crippen LogP contribution in [0.5, 0.6) is 0 Å². The van der Waals surface area contributed by atoms with Gasteiger partial charge in [-0.2, -0.15) is 0 Å². The van der Waals surface area contributed by atoms with E-state index in [0.717, 1.165) is 44.5 Å². The molecule has 1 unspecified atom stereocenters. The zero-order chi connectivity index (χ0) is 18.5. The van der Waals surface area contributed by atoms with Gasteiger partial charge in [0.2, 0.25) is 5.91 Å². The second kappa shape index (κ2) is 13.5. The molecule has 1 aromatic heterocycles. The normalized spacial score (nSPS) is 18.8. The highest BCUT2D eigenvalue weighted by molar-refractivity contribution is 5.94. The van der Waals surface area contributed by atoms with E-state index in [4.69, 9.17) is 10.5 Å². The lowest BCUT2D eigenvalue weighted by atomic mass is 9.92. The van der Waals surface area contributed by atoms with Crippen LogP contribution in [0.4, 0.5) is 11.5 Å². The van der Waals surface area contributed by atoms with Crippen molar-refractivity contribution >= 4 is 54.6 Å². The van der Waals surface area contributed by atoms with Crippen molar-refractivity contribution in [1.29, 1.82) is 0 Å². The van der Waals surface area contributed by atoms with Crippen LogP contribution >= 0.6 is 37.2 Å². The number of aromatic nitrogens is 1. The predicted octanol–water partition coefficient (Wildman–Crippen LogP) is 2.57. The molecule has 2 fully saturated rings. The molecule has 0 aliphatic carbocycles. The number of nitrogens with two attached hydrogens (primary N) is 1. The van der Waals surface area contributed by atoms with E-state index in [-0.39, 0.29) is 49.0 Å². The van der Waals surface area contributed by atoms with Crippen molar-refractivity contribution in [2.24, 2.45) is 11.7 Å². The molecule has 3 heterocycles. The summed E-state index contributed by atoms with van der Waals surface area (Å²) in [5, 5.41) is 2.85. The molecule has 3 rings (SSSR count). The predicted molar refractivity (Wildman–Crippen MR) is 125 cm³/mol. The molecule has 0 radical (unpaired) electrons. The minimum atomic E-state index is -0.509. The monoisotopic (exact) mass is 469 g/mol. The van der Waals surface area contributed by atoms with Crippen molar-refractivity contribution in [1.82, 2.24) is 9.88 Å². The summed E-state index contributed by atoms with van der Waals surface area (Å²) in [6, 6.07) is 4.04. The molecular weight excluding hydrogens is 437 g/mol. The lowest BCUT2D eigenvalue weighted by Gasteiger charge is -2.36. The van der Waals surface area contributed by atoms with Gasteiger partial charge in [0, 0.05) is 32.3 Å². The molecule has 1 amide bonds. The quantitative estimate of drug-likeness (QED) is 0.688. The molecule has 0 saturated carbocycles. The van der Waals surface area contributed by atoms with E-state index in [1.807, 2.05) is 18.3 Å². The van der Waals surface area contributed by atoms with Gasteiger partial charge in [-0.05, 0) is 57.8 Å². The van der Waals surface area contributed by atoms with Crippen LogP contribution in [0, 0.1) is 5.92 Å². The molecule has 2 saturated heterocycles. The van der Waals surface area contributed by atoms with Gasteiger partial charge in [0.25, 0.3) is 0 Å². The molecule has 10 heteroatoms. The molecule has 3 N–H and O–H groups in total. The fourth-order valence-electron chi connectivity index (χ4n) is 3.79. The number of halogens is 3. The fourth-order valence-corrected chi connectivity index (χ4v) is 3.79. The van der Waals surface area contributed by atoms with Gasteiger partial charge in [0.15, 0.2) is 0 Å². The Kier molecular flexibility index (Phi) is 13.1. The average molecular weight is 471 g/mol. The van der Waals surface area contributed by atoms with E-state index >= 15 is 0 Å². The van der Waals surface area contributed by atoms with Gasteiger partial charge < -0.3 is 25.6 Å².